The van der Waals surface area contributed by atoms with Crippen LogP contribution < -0.4 is 5.32 Å². The van der Waals surface area contributed by atoms with E-state index < -0.39 is 67.2 Å². The lowest BCUT2D eigenvalue weighted by molar-refractivity contribution is -0.264. The lowest BCUT2D eigenvalue weighted by Crippen LogP contribution is -2.67. The number of esters is 3. The molecule has 15 heteroatoms. The van der Waals surface area contributed by atoms with Gasteiger partial charge < -0.3 is 24.3 Å². The van der Waals surface area contributed by atoms with Crippen LogP contribution in [0.5, 0.6) is 0 Å². The second-order valence-corrected chi connectivity index (χ2v) is 5.71. The second kappa shape index (κ2) is 9.93. The van der Waals surface area contributed by atoms with Crippen molar-refractivity contribution in [3.05, 3.63) is 10.4 Å². The predicted molar refractivity (Wildman–Crippen MR) is 83.5 cm³/mol. The molecule has 0 aromatic rings. The fourth-order valence-corrected chi connectivity index (χ4v) is 2.48. The van der Waals surface area contributed by atoms with Gasteiger partial charge in [-0.2, -0.15) is 13.2 Å². The Balaban J connectivity index is 3.41. The average molecular weight is 426 g/mol. The zero-order valence-corrected chi connectivity index (χ0v) is 15.3. The van der Waals surface area contributed by atoms with Gasteiger partial charge in [-0.3, -0.25) is 19.2 Å². The van der Waals surface area contributed by atoms with Gasteiger partial charge >= 0.3 is 30.0 Å². The maximum atomic E-state index is 12.7. The Kier molecular flexibility index (Phi) is 8.21. The van der Waals surface area contributed by atoms with E-state index in [2.05, 4.69) is 10.0 Å². The molecule has 0 aromatic carbocycles. The Morgan fingerprint density at radius 2 is 1.55 bits per heavy atom. The van der Waals surface area contributed by atoms with E-state index >= 15 is 0 Å². The van der Waals surface area contributed by atoms with Gasteiger partial charge in [-0.15, -0.1) is 0 Å². The Hall–Kier alpha value is -3.06. The number of azide groups is 1. The number of alkyl halides is 3. The molecule has 29 heavy (non-hydrogen) atoms. The fourth-order valence-electron chi connectivity index (χ4n) is 2.48. The van der Waals surface area contributed by atoms with E-state index in [1.165, 1.54) is 5.32 Å². The molecule has 1 aliphatic heterocycles. The standard InChI is InChI=1S/C14H17F3N4O8/c1-5(22)26-10-8(4-19-21-18)29-12(28-7(3)24)9(11(10)27-6(2)23)20-13(25)14(15,16)17/h8-12H,4H2,1-3H3,(H,20,25)/t8?,9-,10+,11?,12+/m0/s1. The molecule has 0 aliphatic carbocycles. The summed E-state index contributed by atoms with van der Waals surface area (Å²) in [5, 5.41) is 4.73. The van der Waals surface area contributed by atoms with Crippen LogP contribution >= 0.6 is 0 Å². The molecule has 162 valence electrons. The third kappa shape index (κ3) is 7.12. The first-order chi connectivity index (χ1) is 13.4. The van der Waals surface area contributed by atoms with Gasteiger partial charge in [0.2, 0.25) is 6.29 Å². The van der Waals surface area contributed by atoms with E-state index in [4.69, 9.17) is 24.5 Å². The number of ether oxygens (including phenoxy) is 4. The maximum absolute atomic E-state index is 12.7. The molecular formula is C14H17F3N4O8. The number of hydrogen-bond donors (Lipinski definition) is 1. The van der Waals surface area contributed by atoms with Crippen molar-refractivity contribution in [1.29, 1.82) is 0 Å². The van der Waals surface area contributed by atoms with E-state index in [1.54, 1.807) is 0 Å². The van der Waals surface area contributed by atoms with Gasteiger partial charge in [0, 0.05) is 25.7 Å². The summed E-state index contributed by atoms with van der Waals surface area (Å²) in [4.78, 5) is 48.2. The summed E-state index contributed by atoms with van der Waals surface area (Å²) < 4.78 is 58.2. The quantitative estimate of drug-likeness (QED) is 0.211. The summed E-state index contributed by atoms with van der Waals surface area (Å²) in [6.07, 6.45) is -11.9. The highest BCUT2D eigenvalue weighted by Gasteiger charge is 2.53. The fraction of sp³-hybridized carbons (Fsp3) is 0.714. The molecule has 0 bridgehead atoms. The van der Waals surface area contributed by atoms with Gasteiger partial charge in [0.1, 0.15) is 12.1 Å². The average Bonchev–Trinajstić information content (AvgIpc) is 2.56. The monoisotopic (exact) mass is 426 g/mol. The van der Waals surface area contributed by atoms with E-state index in [0.717, 1.165) is 20.8 Å². The van der Waals surface area contributed by atoms with Crippen molar-refractivity contribution >= 4 is 23.8 Å². The Labute approximate surface area is 161 Å². The largest absolute Gasteiger partial charge is 0.471 e. The van der Waals surface area contributed by atoms with Crippen molar-refractivity contribution < 1.29 is 51.3 Å². The number of nitrogens with zero attached hydrogens (tertiary/aromatic N) is 3. The molecule has 1 saturated heterocycles. The van der Waals surface area contributed by atoms with E-state index in [9.17, 15) is 32.3 Å². The van der Waals surface area contributed by atoms with Gasteiger partial charge in [0.15, 0.2) is 12.2 Å². The summed E-state index contributed by atoms with van der Waals surface area (Å²) in [5.74, 6) is -5.40. The van der Waals surface area contributed by atoms with Crippen LogP contribution in [0.15, 0.2) is 5.11 Å². The van der Waals surface area contributed by atoms with Gasteiger partial charge in [0.05, 0.1) is 6.54 Å². The number of rotatable bonds is 6. The Morgan fingerprint density at radius 1 is 1.03 bits per heavy atom. The van der Waals surface area contributed by atoms with Gasteiger partial charge in [0.25, 0.3) is 0 Å². The molecule has 1 fully saturated rings. The summed E-state index contributed by atoms with van der Waals surface area (Å²) in [6, 6.07) is -1.90. The topological polar surface area (TPSA) is 166 Å². The van der Waals surface area contributed by atoms with E-state index in [1.807, 2.05) is 0 Å². The number of halogens is 3. The number of carbonyl (C=O) groups is 4. The van der Waals surface area contributed by atoms with Crippen LogP contribution in [-0.4, -0.2) is 67.2 Å². The minimum atomic E-state index is -5.33. The highest BCUT2D eigenvalue weighted by molar-refractivity contribution is 5.82. The minimum Gasteiger partial charge on any atom is -0.456 e. The molecule has 1 N–H and O–H groups in total. The number of nitrogens with one attached hydrogen (secondary N) is 1. The van der Waals surface area contributed by atoms with Crippen molar-refractivity contribution in [1.82, 2.24) is 5.32 Å². The van der Waals surface area contributed by atoms with Crippen molar-refractivity contribution in [2.24, 2.45) is 5.11 Å². The van der Waals surface area contributed by atoms with Crippen molar-refractivity contribution in [2.45, 2.75) is 57.6 Å². The lowest BCUT2D eigenvalue weighted by atomic mass is 9.95. The Morgan fingerprint density at radius 3 is 2.00 bits per heavy atom. The first-order valence-electron chi connectivity index (χ1n) is 7.92. The zero-order valence-electron chi connectivity index (χ0n) is 15.3. The minimum absolute atomic E-state index is 0.524. The number of hydrogen-bond acceptors (Lipinski definition) is 9. The van der Waals surface area contributed by atoms with Crippen LogP contribution in [0.4, 0.5) is 13.2 Å². The normalized spacial score (nSPS) is 26.5. The Bertz CT molecular complexity index is 709. The number of amides is 1. The van der Waals surface area contributed by atoms with Crippen molar-refractivity contribution in [3.63, 3.8) is 0 Å². The predicted octanol–water partition coefficient (Wildman–Crippen LogP) is 0.495. The van der Waals surface area contributed by atoms with E-state index in [-0.39, 0.29) is 0 Å². The smallest absolute Gasteiger partial charge is 0.456 e. The van der Waals surface area contributed by atoms with E-state index in [0.29, 0.717) is 0 Å². The number of carbonyl (C=O) groups excluding carboxylic acids is 4. The third-order valence-corrected chi connectivity index (χ3v) is 3.41. The second-order valence-electron chi connectivity index (χ2n) is 5.71. The highest BCUT2D eigenvalue weighted by Crippen LogP contribution is 2.29. The summed E-state index contributed by atoms with van der Waals surface area (Å²) in [7, 11) is 0. The molecule has 0 saturated carbocycles. The summed E-state index contributed by atoms with van der Waals surface area (Å²) in [5.41, 5.74) is 8.49. The molecule has 0 spiro atoms. The zero-order chi connectivity index (χ0) is 22.4. The van der Waals surface area contributed by atoms with Crippen LogP contribution in [0.25, 0.3) is 10.4 Å². The van der Waals surface area contributed by atoms with Gasteiger partial charge in [-0.05, 0) is 5.53 Å². The molecule has 1 rings (SSSR count). The molecule has 12 nitrogen and oxygen atoms in total. The SMILES string of the molecule is CC(=O)OC1[C@H](OC(C)=O)C(CN=[N+]=[N-])O[C@@H](OC(C)=O)[C@H]1NC(=O)C(F)(F)F. The van der Waals surface area contributed by atoms with Crippen LogP contribution in [0, 0.1) is 0 Å². The third-order valence-electron chi connectivity index (χ3n) is 3.41. The van der Waals surface area contributed by atoms with Crippen LogP contribution in [0.2, 0.25) is 0 Å². The molecular weight excluding hydrogens is 409 g/mol. The highest BCUT2D eigenvalue weighted by atomic mass is 19.4. The molecule has 5 atom stereocenters. The first kappa shape index (κ1) is 24.0. The molecule has 1 amide bonds. The molecule has 1 heterocycles. The molecule has 0 radical (unpaired) electrons. The van der Waals surface area contributed by atoms with Crippen molar-refractivity contribution in [2.75, 3.05) is 6.54 Å². The van der Waals surface area contributed by atoms with Crippen molar-refractivity contribution in [3.8, 4) is 0 Å². The van der Waals surface area contributed by atoms with Gasteiger partial charge in [-0.25, -0.2) is 0 Å². The summed E-state index contributed by atoms with van der Waals surface area (Å²) >= 11 is 0. The van der Waals surface area contributed by atoms with Crippen LogP contribution in [-0.2, 0) is 38.1 Å². The van der Waals surface area contributed by atoms with Crippen LogP contribution in [0.3, 0.4) is 0 Å². The molecule has 2 unspecified atom stereocenters. The van der Waals surface area contributed by atoms with Gasteiger partial charge in [-0.1, -0.05) is 5.11 Å². The lowest BCUT2D eigenvalue weighted by Gasteiger charge is -2.44. The first-order valence-corrected chi connectivity index (χ1v) is 7.92. The molecule has 1 aliphatic rings. The van der Waals surface area contributed by atoms with Crippen LogP contribution in [0.1, 0.15) is 20.8 Å². The summed E-state index contributed by atoms with van der Waals surface area (Å²) in [6.45, 7) is 2.25. The maximum Gasteiger partial charge on any atom is 0.471 e. The molecule has 0 aromatic heterocycles.